The van der Waals surface area contributed by atoms with Crippen molar-refractivity contribution in [3.63, 3.8) is 0 Å². The Morgan fingerprint density at radius 1 is 1.13 bits per heavy atom. The molecule has 1 saturated carbocycles. The Bertz CT molecular complexity index is 288. The number of halogens is 1. The molecule has 2 fully saturated rings. The molecule has 84 valence electrons. The van der Waals surface area contributed by atoms with Gasteiger partial charge in [-0.25, -0.2) is 4.39 Å². The highest BCUT2D eigenvalue weighted by molar-refractivity contribution is 6.53. The van der Waals surface area contributed by atoms with Gasteiger partial charge in [-0.1, -0.05) is 0 Å². The van der Waals surface area contributed by atoms with Gasteiger partial charge >= 0.3 is 7.12 Å². The second kappa shape index (κ2) is 3.32. The summed E-state index contributed by atoms with van der Waals surface area (Å²) in [5.41, 5.74) is -0.216. The normalized spacial score (nSPS) is 27.8. The predicted molar refractivity (Wildman–Crippen MR) is 58.1 cm³/mol. The van der Waals surface area contributed by atoms with Gasteiger partial charge in [-0.2, -0.15) is 0 Å². The van der Waals surface area contributed by atoms with Gasteiger partial charge in [0.25, 0.3) is 0 Å². The molecule has 0 aromatic rings. The molecule has 1 heterocycles. The molecule has 1 aliphatic carbocycles. The number of allylic oxidation sites excluding steroid dienone is 1. The molecule has 2 aliphatic rings. The fourth-order valence-electron chi connectivity index (χ4n) is 1.71. The maximum absolute atomic E-state index is 13.9. The third-order valence-electron chi connectivity index (χ3n) is 3.76. The van der Waals surface area contributed by atoms with Gasteiger partial charge in [0.15, 0.2) is 0 Å². The zero-order valence-corrected chi connectivity index (χ0v) is 9.89. The third-order valence-corrected chi connectivity index (χ3v) is 3.76. The molecule has 2 rings (SSSR count). The molecular formula is C11H18BFO2. The molecule has 15 heavy (non-hydrogen) atoms. The second-order valence-corrected chi connectivity index (χ2v) is 5.39. The summed E-state index contributed by atoms with van der Waals surface area (Å²) >= 11 is 0. The van der Waals surface area contributed by atoms with E-state index in [0.29, 0.717) is 0 Å². The summed E-state index contributed by atoms with van der Waals surface area (Å²) in [6, 6.07) is 0. The van der Waals surface area contributed by atoms with Crippen molar-refractivity contribution in [3.8, 4) is 0 Å². The van der Waals surface area contributed by atoms with Gasteiger partial charge in [-0.3, -0.25) is 0 Å². The maximum Gasteiger partial charge on any atom is 0.525 e. The second-order valence-electron chi connectivity index (χ2n) is 5.39. The zero-order valence-electron chi connectivity index (χ0n) is 9.89. The lowest BCUT2D eigenvalue weighted by Gasteiger charge is -2.32. The molecule has 0 N–H and O–H groups in total. The van der Waals surface area contributed by atoms with Crippen LogP contribution in [0.25, 0.3) is 0 Å². The first-order chi connectivity index (χ1) is 6.83. The molecule has 1 saturated heterocycles. The van der Waals surface area contributed by atoms with E-state index in [1.165, 1.54) is 0 Å². The molecule has 0 unspecified atom stereocenters. The first kappa shape index (κ1) is 11.1. The molecule has 0 aromatic carbocycles. The van der Waals surface area contributed by atoms with Crippen LogP contribution in [0.15, 0.2) is 11.3 Å². The van der Waals surface area contributed by atoms with Gasteiger partial charge in [0.05, 0.1) is 11.2 Å². The summed E-state index contributed by atoms with van der Waals surface area (Å²) in [5, 5.41) is 0. The highest BCUT2D eigenvalue weighted by Gasteiger charge is 2.53. The van der Waals surface area contributed by atoms with Crippen molar-refractivity contribution in [3.05, 3.63) is 11.3 Å². The average Bonchev–Trinajstić information content (AvgIpc) is 2.17. The van der Waals surface area contributed by atoms with E-state index >= 15 is 0 Å². The average molecular weight is 212 g/mol. The van der Waals surface area contributed by atoms with E-state index in [1.54, 1.807) is 0 Å². The van der Waals surface area contributed by atoms with Crippen molar-refractivity contribution in [2.24, 2.45) is 0 Å². The third kappa shape index (κ3) is 1.74. The van der Waals surface area contributed by atoms with E-state index < -0.39 is 18.3 Å². The van der Waals surface area contributed by atoms with Crippen molar-refractivity contribution in [2.75, 3.05) is 0 Å². The molecular weight excluding hydrogens is 194 g/mol. The minimum absolute atomic E-state index is 0.195. The van der Waals surface area contributed by atoms with Crippen LogP contribution in [-0.4, -0.2) is 18.3 Å². The van der Waals surface area contributed by atoms with Crippen molar-refractivity contribution in [2.45, 2.75) is 58.2 Å². The lowest BCUT2D eigenvalue weighted by Crippen LogP contribution is -2.41. The predicted octanol–water partition coefficient (Wildman–Crippen LogP) is 3.03. The molecule has 0 amide bonds. The largest absolute Gasteiger partial charge is 0.525 e. The summed E-state index contributed by atoms with van der Waals surface area (Å²) < 4.78 is 25.1. The number of hydrogen-bond donors (Lipinski definition) is 0. The molecule has 0 bridgehead atoms. The maximum atomic E-state index is 13.9. The molecule has 2 nitrogen and oxygen atoms in total. The Kier molecular flexibility index (Phi) is 2.47. The first-order valence-corrected chi connectivity index (χ1v) is 5.56. The quantitative estimate of drug-likeness (QED) is 0.622. The van der Waals surface area contributed by atoms with Crippen LogP contribution in [0.5, 0.6) is 0 Å². The van der Waals surface area contributed by atoms with Crippen LogP contribution in [0.1, 0.15) is 47.0 Å². The SMILES string of the molecule is CC1(C)OB(C(F)=C2CCC2)OC1(C)C. The van der Waals surface area contributed by atoms with Crippen molar-refractivity contribution >= 4 is 7.12 Å². The van der Waals surface area contributed by atoms with Crippen LogP contribution in [0, 0.1) is 0 Å². The van der Waals surface area contributed by atoms with Crippen LogP contribution in [-0.2, 0) is 9.31 Å². The van der Waals surface area contributed by atoms with Gasteiger partial charge < -0.3 is 9.31 Å². The van der Waals surface area contributed by atoms with E-state index in [9.17, 15) is 4.39 Å². The Balaban J connectivity index is 2.16. The van der Waals surface area contributed by atoms with E-state index in [2.05, 4.69) is 0 Å². The Hall–Kier alpha value is -0.345. The molecule has 0 radical (unpaired) electrons. The Morgan fingerprint density at radius 3 is 1.93 bits per heavy atom. The highest BCUT2D eigenvalue weighted by atomic mass is 19.1. The standard InChI is InChI=1S/C11H18BFO2/c1-10(2)11(3,4)15-12(14-10)9(13)8-6-5-7-8/h5-7H2,1-4H3. The molecule has 1 aliphatic heterocycles. The van der Waals surface area contributed by atoms with Crippen LogP contribution in [0.4, 0.5) is 4.39 Å². The molecule has 0 spiro atoms. The van der Waals surface area contributed by atoms with E-state index in [4.69, 9.17) is 9.31 Å². The van der Waals surface area contributed by atoms with Crippen molar-refractivity contribution in [1.29, 1.82) is 0 Å². The van der Waals surface area contributed by atoms with Crippen molar-refractivity contribution < 1.29 is 13.7 Å². The monoisotopic (exact) mass is 212 g/mol. The van der Waals surface area contributed by atoms with E-state index in [-0.39, 0.29) is 5.73 Å². The summed E-state index contributed by atoms with van der Waals surface area (Å²) in [6.07, 6.45) is 2.80. The first-order valence-electron chi connectivity index (χ1n) is 5.56. The van der Waals surface area contributed by atoms with Gasteiger partial charge in [0.2, 0.25) is 0 Å². The summed E-state index contributed by atoms with van der Waals surface area (Å²) in [4.78, 5) is 0. The number of hydrogen-bond acceptors (Lipinski definition) is 2. The lowest BCUT2D eigenvalue weighted by atomic mass is 9.78. The van der Waals surface area contributed by atoms with E-state index in [1.807, 2.05) is 27.7 Å². The zero-order chi connectivity index (χ0) is 11.3. The van der Waals surface area contributed by atoms with E-state index in [0.717, 1.165) is 24.8 Å². The highest BCUT2D eigenvalue weighted by Crippen LogP contribution is 2.41. The lowest BCUT2D eigenvalue weighted by molar-refractivity contribution is 0.00578. The topological polar surface area (TPSA) is 18.5 Å². The van der Waals surface area contributed by atoms with Gasteiger partial charge in [0, 0.05) is 0 Å². The Morgan fingerprint density at radius 2 is 1.60 bits per heavy atom. The summed E-state index contributed by atoms with van der Waals surface area (Å²) in [7, 11) is -0.787. The van der Waals surface area contributed by atoms with Crippen LogP contribution >= 0.6 is 0 Å². The summed E-state index contributed by atoms with van der Waals surface area (Å²) in [6.45, 7) is 7.74. The van der Waals surface area contributed by atoms with Gasteiger partial charge in [-0.15, -0.1) is 0 Å². The van der Waals surface area contributed by atoms with Crippen LogP contribution in [0.2, 0.25) is 0 Å². The minimum Gasteiger partial charge on any atom is -0.398 e. The smallest absolute Gasteiger partial charge is 0.398 e. The van der Waals surface area contributed by atoms with Gasteiger partial charge in [0.1, 0.15) is 5.73 Å². The van der Waals surface area contributed by atoms with Crippen LogP contribution in [0.3, 0.4) is 0 Å². The summed E-state index contributed by atoms with van der Waals surface area (Å²) in [5.74, 6) is 0. The number of rotatable bonds is 1. The molecule has 0 aromatic heterocycles. The fourth-order valence-corrected chi connectivity index (χ4v) is 1.71. The van der Waals surface area contributed by atoms with Crippen molar-refractivity contribution in [1.82, 2.24) is 0 Å². The van der Waals surface area contributed by atoms with Gasteiger partial charge in [-0.05, 0) is 52.5 Å². The molecule has 0 atom stereocenters. The minimum atomic E-state index is -0.787. The molecule has 4 heteroatoms. The Labute approximate surface area is 91.0 Å². The van der Waals surface area contributed by atoms with Crippen LogP contribution < -0.4 is 0 Å². The fraction of sp³-hybridized carbons (Fsp3) is 0.818.